The summed E-state index contributed by atoms with van der Waals surface area (Å²) in [6, 6.07) is -0.840. The molecule has 1 unspecified atom stereocenters. The van der Waals surface area contributed by atoms with Crippen LogP contribution in [0.15, 0.2) is 6.33 Å². The van der Waals surface area contributed by atoms with Gasteiger partial charge in [0.25, 0.3) is 0 Å². The Hall–Kier alpha value is -1.24. The van der Waals surface area contributed by atoms with E-state index in [-0.39, 0.29) is 16.7 Å². The number of alkyl halides is 3. The van der Waals surface area contributed by atoms with Gasteiger partial charge in [0, 0.05) is 6.04 Å². The van der Waals surface area contributed by atoms with Crippen LogP contribution in [0, 0.1) is 0 Å². The summed E-state index contributed by atoms with van der Waals surface area (Å²) in [4.78, 5) is 7.30. The SMILES string of the molecule is CC(CC(F)(F)F)Nc1ncnc(Cl)c1N. The minimum absolute atomic E-state index is 0.0108. The van der Waals surface area contributed by atoms with Crippen LogP contribution in [0.3, 0.4) is 0 Å². The first-order chi connectivity index (χ1) is 7.29. The number of rotatable bonds is 3. The second-order valence-corrected chi connectivity index (χ2v) is 3.65. The molecule has 0 saturated heterocycles. The van der Waals surface area contributed by atoms with Crippen LogP contribution in [0.1, 0.15) is 13.3 Å². The highest BCUT2D eigenvalue weighted by Crippen LogP contribution is 2.26. The first-order valence-corrected chi connectivity index (χ1v) is 4.76. The number of nitrogens with one attached hydrogen (secondary N) is 1. The molecule has 0 amide bonds. The molecule has 1 rings (SSSR count). The van der Waals surface area contributed by atoms with E-state index in [2.05, 4.69) is 15.3 Å². The maximum Gasteiger partial charge on any atom is 0.391 e. The van der Waals surface area contributed by atoms with Crippen molar-refractivity contribution in [2.24, 2.45) is 0 Å². The fourth-order valence-electron chi connectivity index (χ4n) is 1.12. The lowest BCUT2D eigenvalue weighted by molar-refractivity contribution is -0.136. The molecule has 0 saturated carbocycles. The van der Waals surface area contributed by atoms with Gasteiger partial charge in [0.15, 0.2) is 11.0 Å². The summed E-state index contributed by atoms with van der Waals surface area (Å²) in [5.41, 5.74) is 5.53. The molecule has 0 fully saturated rings. The van der Waals surface area contributed by atoms with Crippen LogP contribution in [0.2, 0.25) is 5.15 Å². The van der Waals surface area contributed by atoms with E-state index in [0.29, 0.717) is 0 Å². The van der Waals surface area contributed by atoms with Crippen LogP contribution >= 0.6 is 11.6 Å². The number of nitrogen functional groups attached to an aromatic ring is 1. The van der Waals surface area contributed by atoms with Crippen molar-refractivity contribution >= 4 is 23.1 Å². The van der Waals surface area contributed by atoms with Gasteiger partial charge in [-0.15, -0.1) is 0 Å². The predicted molar refractivity (Wildman–Crippen MR) is 55.2 cm³/mol. The predicted octanol–water partition coefficient (Wildman–Crippen LogP) is 2.46. The number of hydrogen-bond donors (Lipinski definition) is 2. The standard InChI is InChI=1S/C8H10ClF3N4/c1-4(2-8(10,11)12)16-7-5(13)6(9)14-3-15-7/h3-4H,2,13H2,1H3,(H,14,15,16). The van der Waals surface area contributed by atoms with Crippen LogP contribution in [-0.4, -0.2) is 22.2 Å². The van der Waals surface area contributed by atoms with Gasteiger partial charge in [0.2, 0.25) is 0 Å². The van der Waals surface area contributed by atoms with Crippen LogP contribution in [-0.2, 0) is 0 Å². The lowest BCUT2D eigenvalue weighted by atomic mass is 10.2. The number of aromatic nitrogens is 2. The molecule has 0 aliphatic rings. The molecule has 0 bridgehead atoms. The van der Waals surface area contributed by atoms with Gasteiger partial charge in [-0.2, -0.15) is 13.2 Å². The summed E-state index contributed by atoms with van der Waals surface area (Å²) in [5, 5.41) is 2.54. The van der Waals surface area contributed by atoms with Crippen molar-refractivity contribution in [1.29, 1.82) is 0 Å². The van der Waals surface area contributed by atoms with E-state index in [1.165, 1.54) is 6.92 Å². The molecule has 90 valence electrons. The maximum absolute atomic E-state index is 12.1. The third-order valence-electron chi connectivity index (χ3n) is 1.76. The van der Waals surface area contributed by atoms with Crippen LogP contribution in [0.4, 0.5) is 24.7 Å². The topological polar surface area (TPSA) is 63.8 Å². The van der Waals surface area contributed by atoms with Gasteiger partial charge in [-0.1, -0.05) is 11.6 Å². The fraction of sp³-hybridized carbons (Fsp3) is 0.500. The molecule has 0 aliphatic heterocycles. The Morgan fingerprint density at radius 1 is 1.50 bits per heavy atom. The molecule has 1 atom stereocenters. The zero-order chi connectivity index (χ0) is 12.3. The lowest BCUT2D eigenvalue weighted by Crippen LogP contribution is -2.24. The normalized spacial score (nSPS) is 13.6. The Balaban J connectivity index is 2.70. The molecule has 0 radical (unpaired) electrons. The molecule has 0 aliphatic carbocycles. The maximum atomic E-state index is 12.1. The van der Waals surface area contributed by atoms with Crippen molar-refractivity contribution in [3.8, 4) is 0 Å². The second kappa shape index (κ2) is 4.73. The van der Waals surface area contributed by atoms with E-state index in [1.807, 2.05) is 0 Å². The number of nitrogens with zero attached hydrogens (tertiary/aromatic N) is 2. The minimum Gasteiger partial charge on any atom is -0.393 e. The lowest BCUT2D eigenvalue weighted by Gasteiger charge is -2.17. The molecule has 0 spiro atoms. The zero-order valence-electron chi connectivity index (χ0n) is 8.35. The molecular weight excluding hydrogens is 245 g/mol. The molecule has 1 heterocycles. The molecule has 1 aromatic heterocycles. The molecule has 1 aromatic rings. The summed E-state index contributed by atoms with van der Waals surface area (Å²) in [5.74, 6) is 0.108. The summed E-state index contributed by atoms with van der Waals surface area (Å²) < 4.78 is 36.2. The molecule has 3 N–H and O–H groups in total. The summed E-state index contributed by atoms with van der Waals surface area (Å²) in [6.07, 6.45) is -4.09. The fourth-order valence-corrected chi connectivity index (χ4v) is 1.25. The van der Waals surface area contributed by atoms with E-state index in [4.69, 9.17) is 17.3 Å². The summed E-state index contributed by atoms with van der Waals surface area (Å²) in [7, 11) is 0. The minimum atomic E-state index is -4.24. The van der Waals surface area contributed by atoms with Gasteiger partial charge < -0.3 is 11.1 Å². The van der Waals surface area contributed by atoms with E-state index in [0.717, 1.165) is 6.33 Å². The zero-order valence-corrected chi connectivity index (χ0v) is 9.10. The van der Waals surface area contributed by atoms with Gasteiger partial charge >= 0.3 is 6.18 Å². The van der Waals surface area contributed by atoms with Gasteiger partial charge in [-0.3, -0.25) is 0 Å². The van der Waals surface area contributed by atoms with E-state index < -0.39 is 18.6 Å². The van der Waals surface area contributed by atoms with Crippen molar-refractivity contribution < 1.29 is 13.2 Å². The average molecular weight is 255 g/mol. The van der Waals surface area contributed by atoms with Crippen molar-refractivity contribution in [1.82, 2.24) is 9.97 Å². The highest BCUT2D eigenvalue weighted by molar-refractivity contribution is 6.32. The highest BCUT2D eigenvalue weighted by Gasteiger charge is 2.30. The van der Waals surface area contributed by atoms with Crippen molar-refractivity contribution in [2.75, 3.05) is 11.1 Å². The third-order valence-corrected chi connectivity index (χ3v) is 2.06. The van der Waals surface area contributed by atoms with Crippen molar-refractivity contribution in [3.05, 3.63) is 11.5 Å². The molecule has 16 heavy (non-hydrogen) atoms. The molecule has 4 nitrogen and oxygen atoms in total. The van der Waals surface area contributed by atoms with Crippen LogP contribution in [0.5, 0.6) is 0 Å². The Bertz CT molecular complexity index is 369. The van der Waals surface area contributed by atoms with Crippen LogP contribution in [0.25, 0.3) is 0 Å². The summed E-state index contributed by atoms with van der Waals surface area (Å²) >= 11 is 5.59. The Morgan fingerprint density at radius 3 is 2.69 bits per heavy atom. The number of halogens is 4. The third kappa shape index (κ3) is 3.73. The Kier molecular flexibility index (Phi) is 3.79. The molecule has 0 aromatic carbocycles. The number of nitrogens with two attached hydrogens (primary N) is 1. The van der Waals surface area contributed by atoms with Crippen LogP contribution < -0.4 is 11.1 Å². The molecular formula is C8H10ClF3N4. The van der Waals surface area contributed by atoms with Crippen molar-refractivity contribution in [2.45, 2.75) is 25.6 Å². The van der Waals surface area contributed by atoms with Gasteiger partial charge in [0.1, 0.15) is 12.0 Å². The van der Waals surface area contributed by atoms with E-state index >= 15 is 0 Å². The van der Waals surface area contributed by atoms with E-state index in [1.54, 1.807) is 0 Å². The second-order valence-electron chi connectivity index (χ2n) is 3.29. The Labute approximate surface area is 95.0 Å². The summed E-state index contributed by atoms with van der Waals surface area (Å²) in [6.45, 7) is 1.38. The average Bonchev–Trinajstić information content (AvgIpc) is 2.09. The van der Waals surface area contributed by atoms with Gasteiger partial charge in [0.05, 0.1) is 6.42 Å². The first-order valence-electron chi connectivity index (χ1n) is 4.39. The quantitative estimate of drug-likeness (QED) is 0.814. The smallest absolute Gasteiger partial charge is 0.391 e. The van der Waals surface area contributed by atoms with Crippen molar-refractivity contribution in [3.63, 3.8) is 0 Å². The van der Waals surface area contributed by atoms with Gasteiger partial charge in [-0.05, 0) is 6.92 Å². The number of anilines is 2. The monoisotopic (exact) mass is 254 g/mol. The number of hydrogen-bond acceptors (Lipinski definition) is 4. The molecule has 8 heteroatoms. The largest absolute Gasteiger partial charge is 0.393 e. The van der Waals surface area contributed by atoms with E-state index in [9.17, 15) is 13.2 Å². The van der Waals surface area contributed by atoms with Gasteiger partial charge in [-0.25, -0.2) is 9.97 Å². The highest BCUT2D eigenvalue weighted by atomic mass is 35.5. The first kappa shape index (κ1) is 12.8. The Morgan fingerprint density at radius 2 is 2.12 bits per heavy atom.